The quantitative estimate of drug-likeness (QED) is 0.726. The van der Waals surface area contributed by atoms with Crippen molar-refractivity contribution in [2.75, 3.05) is 13.7 Å². The van der Waals surface area contributed by atoms with Crippen molar-refractivity contribution in [1.82, 2.24) is 5.32 Å². The van der Waals surface area contributed by atoms with Gasteiger partial charge in [-0.25, -0.2) is 0 Å². The Hall–Kier alpha value is -1.51. The fraction of sp³-hybridized carbons (Fsp3) is 0.364. The Morgan fingerprint density at radius 3 is 2.93 bits per heavy atom. The highest BCUT2D eigenvalue weighted by molar-refractivity contribution is 5.99. The molecule has 2 rings (SSSR count). The molecule has 0 fully saturated rings. The van der Waals surface area contributed by atoms with E-state index in [1.165, 1.54) is 0 Å². The summed E-state index contributed by atoms with van der Waals surface area (Å²) >= 11 is 0. The molecule has 0 unspecified atom stereocenters. The van der Waals surface area contributed by atoms with Gasteiger partial charge >= 0.3 is 0 Å². The average molecular weight is 191 g/mol. The molecule has 1 aliphatic rings. The first-order valence-corrected chi connectivity index (χ1v) is 4.68. The van der Waals surface area contributed by atoms with Gasteiger partial charge in [0.15, 0.2) is 0 Å². The van der Waals surface area contributed by atoms with E-state index in [1.54, 1.807) is 7.11 Å². The third-order valence-electron chi connectivity index (χ3n) is 2.46. The predicted molar refractivity (Wildman–Crippen MR) is 53.8 cm³/mol. The second-order valence-corrected chi connectivity index (χ2v) is 3.51. The molecule has 1 heterocycles. The third-order valence-corrected chi connectivity index (χ3v) is 2.46. The van der Waals surface area contributed by atoms with Crippen LogP contribution in [0.2, 0.25) is 0 Å². The van der Waals surface area contributed by atoms with E-state index in [0.717, 1.165) is 24.1 Å². The van der Waals surface area contributed by atoms with Crippen LogP contribution in [-0.2, 0) is 6.42 Å². The summed E-state index contributed by atoms with van der Waals surface area (Å²) in [5.41, 5.74) is 2.92. The highest BCUT2D eigenvalue weighted by Gasteiger charge is 2.21. The standard InChI is InChI=1S/C11H13NO2/c1-7-5-8-3-4-12-11(13)10(8)9(6-7)14-2/h5-6H,3-4H2,1-2H3,(H,12,13). The fourth-order valence-electron chi connectivity index (χ4n) is 1.84. The molecule has 1 N–H and O–H groups in total. The first kappa shape index (κ1) is 9.06. The Bertz CT molecular complexity index is 368. The number of amides is 1. The van der Waals surface area contributed by atoms with Gasteiger partial charge in [-0.05, 0) is 30.5 Å². The maximum atomic E-state index is 11.6. The molecule has 1 aromatic rings. The fourth-order valence-corrected chi connectivity index (χ4v) is 1.84. The second-order valence-electron chi connectivity index (χ2n) is 3.51. The summed E-state index contributed by atoms with van der Waals surface area (Å²) in [6, 6.07) is 3.94. The van der Waals surface area contributed by atoms with Gasteiger partial charge in [0.2, 0.25) is 0 Å². The van der Waals surface area contributed by atoms with E-state index in [-0.39, 0.29) is 5.91 Å². The van der Waals surface area contributed by atoms with Crippen LogP contribution in [-0.4, -0.2) is 19.6 Å². The van der Waals surface area contributed by atoms with E-state index in [1.807, 2.05) is 13.0 Å². The normalized spacial score (nSPS) is 14.6. The molecule has 3 heteroatoms. The van der Waals surface area contributed by atoms with Crippen molar-refractivity contribution in [3.05, 3.63) is 28.8 Å². The van der Waals surface area contributed by atoms with E-state index in [0.29, 0.717) is 11.3 Å². The summed E-state index contributed by atoms with van der Waals surface area (Å²) in [5.74, 6) is 0.653. The summed E-state index contributed by atoms with van der Waals surface area (Å²) in [7, 11) is 1.59. The largest absolute Gasteiger partial charge is 0.496 e. The number of aryl methyl sites for hydroxylation is 1. The zero-order valence-electron chi connectivity index (χ0n) is 8.39. The highest BCUT2D eigenvalue weighted by Crippen LogP contribution is 2.26. The van der Waals surface area contributed by atoms with Crippen LogP contribution in [0.3, 0.4) is 0 Å². The van der Waals surface area contributed by atoms with Crippen LogP contribution in [0, 0.1) is 6.92 Å². The average Bonchev–Trinajstić information content (AvgIpc) is 2.16. The van der Waals surface area contributed by atoms with E-state index in [4.69, 9.17) is 4.74 Å². The number of nitrogens with one attached hydrogen (secondary N) is 1. The van der Waals surface area contributed by atoms with E-state index in [2.05, 4.69) is 11.4 Å². The Labute approximate surface area is 83.1 Å². The lowest BCUT2D eigenvalue weighted by atomic mass is 9.97. The van der Waals surface area contributed by atoms with Crippen LogP contribution in [0.15, 0.2) is 12.1 Å². The number of hydrogen-bond acceptors (Lipinski definition) is 2. The van der Waals surface area contributed by atoms with Crippen molar-refractivity contribution in [2.24, 2.45) is 0 Å². The number of methoxy groups -OCH3 is 1. The van der Waals surface area contributed by atoms with Crippen molar-refractivity contribution < 1.29 is 9.53 Å². The van der Waals surface area contributed by atoms with E-state index < -0.39 is 0 Å². The molecule has 0 atom stereocenters. The Morgan fingerprint density at radius 1 is 1.43 bits per heavy atom. The lowest BCUT2D eigenvalue weighted by Gasteiger charge is -2.19. The number of rotatable bonds is 1. The maximum absolute atomic E-state index is 11.6. The second kappa shape index (κ2) is 3.33. The molecule has 0 saturated carbocycles. The molecule has 0 bridgehead atoms. The number of carbonyl (C=O) groups excluding carboxylic acids is 1. The number of carbonyl (C=O) groups is 1. The summed E-state index contributed by atoms with van der Waals surface area (Å²) < 4.78 is 5.20. The molecule has 1 aliphatic heterocycles. The third kappa shape index (κ3) is 1.35. The zero-order chi connectivity index (χ0) is 10.1. The molecule has 0 spiro atoms. The summed E-state index contributed by atoms with van der Waals surface area (Å²) in [4.78, 5) is 11.6. The molecule has 0 aromatic heterocycles. The molecule has 74 valence electrons. The lowest BCUT2D eigenvalue weighted by Crippen LogP contribution is -2.32. The lowest BCUT2D eigenvalue weighted by molar-refractivity contribution is 0.0942. The van der Waals surface area contributed by atoms with Gasteiger partial charge in [0.1, 0.15) is 5.75 Å². The molecule has 0 radical (unpaired) electrons. The summed E-state index contributed by atoms with van der Waals surface area (Å²) in [6.07, 6.45) is 0.888. The van der Waals surface area contributed by atoms with Crippen molar-refractivity contribution >= 4 is 5.91 Å². The number of fused-ring (bicyclic) bond motifs is 1. The van der Waals surface area contributed by atoms with Gasteiger partial charge in [0.05, 0.1) is 12.7 Å². The van der Waals surface area contributed by atoms with Crippen LogP contribution in [0.5, 0.6) is 5.75 Å². The summed E-state index contributed by atoms with van der Waals surface area (Å²) in [6.45, 7) is 2.73. The monoisotopic (exact) mass is 191 g/mol. The van der Waals surface area contributed by atoms with Crippen molar-refractivity contribution in [2.45, 2.75) is 13.3 Å². The molecule has 1 aromatic carbocycles. The number of benzene rings is 1. The Morgan fingerprint density at radius 2 is 2.21 bits per heavy atom. The first-order valence-electron chi connectivity index (χ1n) is 4.68. The molecule has 14 heavy (non-hydrogen) atoms. The highest BCUT2D eigenvalue weighted by atomic mass is 16.5. The molecule has 0 saturated heterocycles. The summed E-state index contributed by atoms with van der Waals surface area (Å²) in [5, 5.41) is 2.81. The van der Waals surface area contributed by atoms with E-state index >= 15 is 0 Å². The van der Waals surface area contributed by atoms with Gasteiger partial charge in [-0.3, -0.25) is 4.79 Å². The van der Waals surface area contributed by atoms with E-state index in [9.17, 15) is 4.79 Å². The van der Waals surface area contributed by atoms with Gasteiger partial charge in [-0.2, -0.15) is 0 Å². The van der Waals surface area contributed by atoms with Crippen molar-refractivity contribution in [3.63, 3.8) is 0 Å². The van der Waals surface area contributed by atoms with Gasteiger partial charge in [0, 0.05) is 6.54 Å². The first-order chi connectivity index (χ1) is 6.72. The smallest absolute Gasteiger partial charge is 0.255 e. The van der Waals surface area contributed by atoms with Crippen LogP contribution in [0.4, 0.5) is 0 Å². The van der Waals surface area contributed by atoms with Crippen LogP contribution in [0.1, 0.15) is 21.5 Å². The maximum Gasteiger partial charge on any atom is 0.255 e. The predicted octanol–water partition coefficient (Wildman–Crippen LogP) is 1.29. The molecular weight excluding hydrogens is 178 g/mol. The Kier molecular flexibility index (Phi) is 2.15. The number of hydrogen-bond donors (Lipinski definition) is 1. The minimum Gasteiger partial charge on any atom is -0.496 e. The molecule has 1 amide bonds. The van der Waals surface area contributed by atoms with Gasteiger partial charge in [-0.15, -0.1) is 0 Å². The minimum atomic E-state index is -0.0249. The number of ether oxygens (including phenoxy) is 1. The van der Waals surface area contributed by atoms with Crippen molar-refractivity contribution in [1.29, 1.82) is 0 Å². The molecular formula is C11H13NO2. The SMILES string of the molecule is COc1cc(C)cc2c1C(=O)NCC2. The van der Waals surface area contributed by atoms with Crippen LogP contribution in [0.25, 0.3) is 0 Å². The molecule has 3 nitrogen and oxygen atoms in total. The van der Waals surface area contributed by atoms with Gasteiger partial charge < -0.3 is 10.1 Å². The molecule has 0 aliphatic carbocycles. The van der Waals surface area contributed by atoms with Gasteiger partial charge in [0.25, 0.3) is 5.91 Å². The Balaban J connectivity index is 2.61. The van der Waals surface area contributed by atoms with Crippen molar-refractivity contribution in [3.8, 4) is 5.75 Å². The zero-order valence-corrected chi connectivity index (χ0v) is 8.39. The van der Waals surface area contributed by atoms with Crippen LogP contribution >= 0.6 is 0 Å². The van der Waals surface area contributed by atoms with Gasteiger partial charge in [-0.1, -0.05) is 6.07 Å². The topological polar surface area (TPSA) is 38.3 Å². The minimum absolute atomic E-state index is 0.0249. The van der Waals surface area contributed by atoms with Crippen LogP contribution < -0.4 is 10.1 Å².